The van der Waals surface area contributed by atoms with Gasteiger partial charge < -0.3 is 27.9 Å². The number of phosphoric acid groups is 1. The quantitative estimate of drug-likeness (QED) is 0.0261. The van der Waals surface area contributed by atoms with Gasteiger partial charge in [0.25, 0.3) is 7.82 Å². The molecule has 0 amide bonds. The van der Waals surface area contributed by atoms with Crippen molar-refractivity contribution in [3.8, 4) is 0 Å². The van der Waals surface area contributed by atoms with Crippen LogP contribution in [0.25, 0.3) is 0 Å². The van der Waals surface area contributed by atoms with Crippen molar-refractivity contribution >= 4 is 13.8 Å². The number of nitrogens with zero attached hydrogens (tertiary/aromatic N) is 1. The standard InChI is InChI=1S/C47H96NO7P/c1-6-8-10-12-14-16-18-19-20-21-22-23-24-25-26-27-28-29-30-31-32-34-36-38-40-47(49)55-46(45-54-56(50,51)53-43-41-48(3,4)5)44-52-42-39-37-35-33-17-15-13-11-9-7-2/h46H,6-45H2,1-5H3. The number of hydrogen-bond acceptors (Lipinski definition) is 7. The number of phosphoric ester groups is 1. The molecule has 8 nitrogen and oxygen atoms in total. The molecule has 0 aromatic carbocycles. The molecule has 0 spiro atoms. The molecule has 9 heteroatoms. The lowest BCUT2D eigenvalue weighted by Gasteiger charge is -2.28. The number of unbranched alkanes of at least 4 members (excludes halogenated alkanes) is 32. The third kappa shape index (κ3) is 44.6. The fraction of sp³-hybridized carbons (Fsp3) is 0.979. The first-order valence-corrected chi connectivity index (χ1v) is 25.7. The van der Waals surface area contributed by atoms with Gasteiger partial charge in [-0.3, -0.25) is 9.36 Å². The van der Waals surface area contributed by atoms with Gasteiger partial charge in [0, 0.05) is 13.0 Å². The summed E-state index contributed by atoms with van der Waals surface area (Å²) >= 11 is 0. The van der Waals surface area contributed by atoms with E-state index in [1.54, 1.807) is 0 Å². The predicted octanol–water partition coefficient (Wildman–Crippen LogP) is 13.8. The summed E-state index contributed by atoms with van der Waals surface area (Å²) in [5, 5.41) is 0. The minimum Gasteiger partial charge on any atom is -0.756 e. The minimum atomic E-state index is -4.51. The summed E-state index contributed by atoms with van der Waals surface area (Å²) in [5.74, 6) is -0.327. The van der Waals surface area contributed by atoms with Crippen LogP contribution in [0.5, 0.6) is 0 Å². The molecule has 2 unspecified atom stereocenters. The van der Waals surface area contributed by atoms with Crippen LogP contribution in [0.2, 0.25) is 0 Å². The van der Waals surface area contributed by atoms with Crippen LogP contribution in [0, 0.1) is 0 Å². The van der Waals surface area contributed by atoms with Crippen LogP contribution < -0.4 is 4.89 Å². The van der Waals surface area contributed by atoms with Gasteiger partial charge in [-0.25, -0.2) is 0 Å². The van der Waals surface area contributed by atoms with Gasteiger partial charge >= 0.3 is 5.97 Å². The Morgan fingerprint density at radius 2 is 0.821 bits per heavy atom. The summed E-state index contributed by atoms with van der Waals surface area (Å²) in [6.45, 7) is 5.46. The van der Waals surface area contributed by atoms with Crippen molar-refractivity contribution in [3.63, 3.8) is 0 Å². The highest BCUT2D eigenvalue weighted by Gasteiger charge is 2.20. The minimum absolute atomic E-state index is 0.0313. The van der Waals surface area contributed by atoms with Crippen molar-refractivity contribution in [2.45, 2.75) is 245 Å². The molecule has 336 valence electrons. The third-order valence-corrected chi connectivity index (χ3v) is 11.9. The van der Waals surface area contributed by atoms with Crippen LogP contribution >= 0.6 is 7.82 Å². The average Bonchev–Trinajstić information content (AvgIpc) is 3.15. The highest BCUT2D eigenvalue weighted by molar-refractivity contribution is 7.45. The zero-order valence-electron chi connectivity index (χ0n) is 38.1. The van der Waals surface area contributed by atoms with Crippen LogP contribution in [0.1, 0.15) is 239 Å². The lowest BCUT2D eigenvalue weighted by Crippen LogP contribution is -2.37. The molecule has 0 bridgehead atoms. The van der Waals surface area contributed by atoms with E-state index in [2.05, 4.69) is 13.8 Å². The van der Waals surface area contributed by atoms with Crippen LogP contribution in [-0.2, 0) is 27.9 Å². The van der Waals surface area contributed by atoms with E-state index in [1.165, 1.54) is 186 Å². The maximum atomic E-state index is 12.7. The molecule has 0 aromatic rings. The first kappa shape index (κ1) is 55.5. The molecular formula is C47H96NO7P. The van der Waals surface area contributed by atoms with Gasteiger partial charge in [-0.15, -0.1) is 0 Å². The summed E-state index contributed by atoms with van der Waals surface area (Å²) in [5.41, 5.74) is 0. The average molecular weight is 818 g/mol. The molecule has 0 aromatic heterocycles. The van der Waals surface area contributed by atoms with E-state index in [-0.39, 0.29) is 25.8 Å². The second-order valence-electron chi connectivity index (χ2n) is 17.8. The normalized spacial score (nSPS) is 13.6. The Bertz CT molecular complexity index is 868. The Morgan fingerprint density at radius 3 is 1.18 bits per heavy atom. The zero-order chi connectivity index (χ0) is 41.3. The molecule has 0 saturated carbocycles. The van der Waals surface area contributed by atoms with E-state index >= 15 is 0 Å². The van der Waals surface area contributed by atoms with E-state index in [0.29, 0.717) is 24.1 Å². The van der Waals surface area contributed by atoms with E-state index in [1.807, 2.05) is 21.1 Å². The largest absolute Gasteiger partial charge is 0.756 e. The molecule has 0 fully saturated rings. The van der Waals surface area contributed by atoms with E-state index in [9.17, 15) is 14.3 Å². The number of quaternary nitrogens is 1. The van der Waals surface area contributed by atoms with Crippen LogP contribution in [0.15, 0.2) is 0 Å². The molecule has 0 heterocycles. The lowest BCUT2D eigenvalue weighted by molar-refractivity contribution is -0.870. The summed E-state index contributed by atoms with van der Waals surface area (Å²) < 4.78 is 34.6. The van der Waals surface area contributed by atoms with Gasteiger partial charge in [0.1, 0.15) is 19.3 Å². The third-order valence-electron chi connectivity index (χ3n) is 10.9. The molecule has 0 aliphatic carbocycles. The van der Waals surface area contributed by atoms with Crippen molar-refractivity contribution < 1.29 is 37.3 Å². The van der Waals surface area contributed by atoms with Crippen molar-refractivity contribution in [1.29, 1.82) is 0 Å². The lowest BCUT2D eigenvalue weighted by atomic mass is 10.0. The molecule has 0 N–H and O–H groups in total. The smallest absolute Gasteiger partial charge is 0.306 e. The van der Waals surface area contributed by atoms with Crippen LogP contribution in [0.3, 0.4) is 0 Å². The van der Waals surface area contributed by atoms with Gasteiger partial charge in [-0.2, -0.15) is 0 Å². The van der Waals surface area contributed by atoms with Crippen molar-refractivity contribution in [1.82, 2.24) is 0 Å². The van der Waals surface area contributed by atoms with Gasteiger partial charge in [-0.1, -0.05) is 219 Å². The maximum Gasteiger partial charge on any atom is 0.306 e. The van der Waals surface area contributed by atoms with Gasteiger partial charge in [0.15, 0.2) is 0 Å². The van der Waals surface area contributed by atoms with E-state index in [4.69, 9.17) is 18.5 Å². The van der Waals surface area contributed by atoms with Crippen LogP contribution in [-0.4, -0.2) is 70.7 Å². The Kier molecular flexibility index (Phi) is 40.9. The number of likely N-dealkylation sites (N-methyl/N-ethyl adjacent to an activating group) is 1. The second-order valence-corrected chi connectivity index (χ2v) is 19.3. The first-order valence-electron chi connectivity index (χ1n) is 24.3. The molecule has 56 heavy (non-hydrogen) atoms. The van der Waals surface area contributed by atoms with Crippen molar-refractivity contribution in [2.75, 3.05) is 54.1 Å². The van der Waals surface area contributed by atoms with E-state index in [0.717, 1.165) is 32.1 Å². The number of ether oxygens (including phenoxy) is 2. The van der Waals surface area contributed by atoms with Crippen LogP contribution in [0.4, 0.5) is 0 Å². The topological polar surface area (TPSA) is 94.1 Å². The summed E-state index contributed by atoms with van der Waals surface area (Å²) in [7, 11) is 1.37. The molecule has 0 aliphatic rings. The first-order chi connectivity index (χ1) is 27.1. The number of esters is 1. The SMILES string of the molecule is CCCCCCCCCCCCCCCCCCCCCCCCCCC(=O)OC(COCCCCCCCCCCCC)COP(=O)([O-])OCC[N+](C)(C)C. The molecular weight excluding hydrogens is 721 g/mol. The second kappa shape index (κ2) is 41.2. The highest BCUT2D eigenvalue weighted by Crippen LogP contribution is 2.38. The van der Waals surface area contributed by atoms with Gasteiger partial charge in [0.05, 0.1) is 34.4 Å². The van der Waals surface area contributed by atoms with Crippen molar-refractivity contribution in [3.05, 3.63) is 0 Å². The predicted molar refractivity (Wildman–Crippen MR) is 236 cm³/mol. The van der Waals surface area contributed by atoms with Gasteiger partial charge in [0.2, 0.25) is 0 Å². The number of hydrogen-bond donors (Lipinski definition) is 0. The molecule has 2 atom stereocenters. The Hall–Kier alpha value is -0.500. The molecule has 0 radical (unpaired) electrons. The Morgan fingerprint density at radius 1 is 0.482 bits per heavy atom. The van der Waals surface area contributed by atoms with Gasteiger partial charge in [-0.05, 0) is 12.8 Å². The fourth-order valence-electron chi connectivity index (χ4n) is 7.14. The Balaban J connectivity index is 3.99. The molecule has 0 aliphatic heterocycles. The number of carbonyl (C=O) groups is 1. The maximum absolute atomic E-state index is 12.7. The molecule has 0 rings (SSSR count). The number of carbonyl (C=O) groups excluding carboxylic acids is 1. The summed E-state index contributed by atoms with van der Waals surface area (Å²) in [6.07, 6.45) is 44.1. The molecule has 0 saturated heterocycles. The summed E-state index contributed by atoms with van der Waals surface area (Å²) in [4.78, 5) is 25.1. The highest BCUT2D eigenvalue weighted by atomic mass is 31.2. The van der Waals surface area contributed by atoms with E-state index < -0.39 is 13.9 Å². The fourth-order valence-corrected chi connectivity index (χ4v) is 7.87. The Labute approximate surface area is 348 Å². The zero-order valence-corrected chi connectivity index (χ0v) is 39.0. The number of rotatable bonds is 46. The summed E-state index contributed by atoms with van der Waals surface area (Å²) in [6, 6.07) is 0. The van der Waals surface area contributed by atoms with Crippen molar-refractivity contribution in [2.24, 2.45) is 0 Å². The monoisotopic (exact) mass is 818 g/mol.